The minimum atomic E-state index is -0.897. The van der Waals surface area contributed by atoms with Crippen LogP contribution in [0.3, 0.4) is 0 Å². The van der Waals surface area contributed by atoms with Gasteiger partial charge in [-0.25, -0.2) is 4.79 Å². The van der Waals surface area contributed by atoms with Crippen LogP contribution in [0.2, 0.25) is 0 Å². The Bertz CT molecular complexity index is 462. The molecule has 1 rings (SSSR count). The number of hydrogen-bond donors (Lipinski definition) is 2. The van der Waals surface area contributed by atoms with E-state index < -0.39 is 11.9 Å². The fourth-order valence-electron chi connectivity index (χ4n) is 2.05. The van der Waals surface area contributed by atoms with E-state index in [0.29, 0.717) is 0 Å². The number of amides is 2. The van der Waals surface area contributed by atoms with E-state index in [0.717, 1.165) is 12.8 Å². The Hall–Kier alpha value is -2.04. The Morgan fingerprint density at radius 3 is 2.43 bits per heavy atom. The molecule has 0 aliphatic carbocycles. The Morgan fingerprint density at radius 1 is 1.29 bits per heavy atom. The molecule has 0 saturated heterocycles. The summed E-state index contributed by atoms with van der Waals surface area (Å²) < 4.78 is 0. The molecule has 0 fully saturated rings. The summed E-state index contributed by atoms with van der Waals surface area (Å²) in [5.74, 6) is -1.47. The van der Waals surface area contributed by atoms with Crippen LogP contribution in [-0.2, 0) is 11.2 Å². The molecule has 1 aromatic rings. The van der Waals surface area contributed by atoms with E-state index in [-0.39, 0.29) is 18.6 Å². The standard InChI is InChI=1S/C16H24N2O3/c1-4-14(10-13-8-6-5-7-9-13)17-16(21)18(3)11-12(2)15(19)20/h5-9,12,14H,4,10-11H2,1-3H3,(H,17,21)(H,19,20). The number of aliphatic carboxylic acids is 1. The highest BCUT2D eigenvalue weighted by atomic mass is 16.4. The SMILES string of the molecule is CCC(Cc1ccccc1)NC(=O)N(C)CC(C)C(=O)O. The number of benzene rings is 1. The van der Waals surface area contributed by atoms with Crippen molar-refractivity contribution in [2.75, 3.05) is 13.6 Å². The van der Waals surface area contributed by atoms with Crippen LogP contribution in [0.5, 0.6) is 0 Å². The first-order valence-electron chi connectivity index (χ1n) is 7.22. The maximum atomic E-state index is 12.1. The maximum absolute atomic E-state index is 12.1. The van der Waals surface area contributed by atoms with Crippen LogP contribution < -0.4 is 5.32 Å². The number of carboxylic acids is 1. The van der Waals surface area contributed by atoms with Crippen molar-refractivity contribution in [2.24, 2.45) is 5.92 Å². The molecule has 2 N–H and O–H groups in total. The minimum Gasteiger partial charge on any atom is -0.481 e. The lowest BCUT2D eigenvalue weighted by molar-refractivity contribution is -0.141. The first-order valence-corrected chi connectivity index (χ1v) is 7.22. The van der Waals surface area contributed by atoms with Gasteiger partial charge in [-0.3, -0.25) is 4.79 Å². The normalized spacial score (nSPS) is 13.3. The quantitative estimate of drug-likeness (QED) is 0.810. The van der Waals surface area contributed by atoms with E-state index in [2.05, 4.69) is 5.32 Å². The molecular formula is C16H24N2O3. The molecule has 0 aliphatic rings. The van der Waals surface area contributed by atoms with E-state index in [1.54, 1.807) is 14.0 Å². The summed E-state index contributed by atoms with van der Waals surface area (Å²) in [5.41, 5.74) is 1.17. The van der Waals surface area contributed by atoms with Crippen LogP contribution in [0.15, 0.2) is 30.3 Å². The van der Waals surface area contributed by atoms with Crippen molar-refractivity contribution in [3.05, 3.63) is 35.9 Å². The number of rotatable bonds is 7. The van der Waals surface area contributed by atoms with Gasteiger partial charge in [0.1, 0.15) is 0 Å². The second-order valence-corrected chi connectivity index (χ2v) is 5.36. The summed E-state index contributed by atoms with van der Waals surface area (Å²) >= 11 is 0. The third kappa shape index (κ3) is 5.85. The topological polar surface area (TPSA) is 69.6 Å². The number of urea groups is 1. The zero-order chi connectivity index (χ0) is 15.8. The van der Waals surface area contributed by atoms with Gasteiger partial charge in [-0.1, -0.05) is 44.2 Å². The number of carboxylic acid groups (broad SMARTS) is 1. The third-order valence-electron chi connectivity index (χ3n) is 3.46. The molecule has 5 heteroatoms. The average molecular weight is 292 g/mol. The van der Waals surface area contributed by atoms with E-state index >= 15 is 0 Å². The molecule has 0 bridgehead atoms. The van der Waals surface area contributed by atoms with Gasteiger partial charge in [0.25, 0.3) is 0 Å². The number of nitrogens with one attached hydrogen (secondary N) is 1. The first-order chi connectivity index (χ1) is 9.93. The number of carbonyl (C=O) groups excluding carboxylic acids is 1. The highest BCUT2D eigenvalue weighted by molar-refractivity contribution is 5.76. The molecule has 2 unspecified atom stereocenters. The molecule has 2 atom stereocenters. The van der Waals surface area contributed by atoms with Gasteiger partial charge < -0.3 is 15.3 Å². The highest BCUT2D eigenvalue weighted by Gasteiger charge is 2.19. The van der Waals surface area contributed by atoms with Crippen molar-refractivity contribution in [2.45, 2.75) is 32.7 Å². The Morgan fingerprint density at radius 2 is 1.90 bits per heavy atom. The van der Waals surface area contributed by atoms with Gasteiger partial charge >= 0.3 is 12.0 Å². The van der Waals surface area contributed by atoms with Crippen molar-refractivity contribution in [1.29, 1.82) is 0 Å². The Labute approximate surface area is 126 Å². The molecule has 0 heterocycles. The molecule has 0 saturated carbocycles. The molecule has 0 aromatic heterocycles. The predicted molar refractivity (Wildman–Crippen MR) is 82.2 cm³/mol. The Balaban J connectivity index is 2.52. The molecule has 0 radical (unpaired) electrons. The van der Waals surface area contributed by atoms with Crippen molar-refractivity contribution in [3.8, 4) is 0 Å². The molecule has 1 aromatic carbocycles. The number of carbonyl (C=O) groups is 2. The first kappa shape index (κ1) is 17.0. The zero-order valence-corrected chi connectivity index (χ0v) is 12.9. The van der Waals surface area contributed by atoms with E-state index in [9.17, 15) is 9.59 Å². The second-order valence-electron chi connectivity index (χ2n) is 5.36. The average Bonchev–Trinajstić information content (AvgIpc) is 2.47. The van der Waals surface area contributed by atoms with Crippen LogP contribution in [0.4, 0.5) is 4.79 Å². The van der Waals surface area contributed by atoms with Crippen LogP contribution in [0.1, 0.15) is 25.8 Å². The van der Waals surface area contributed by atoms with Crippen LogP contribution in [0.25, 0.3) is 0 Å². The number of hydrogen-bond acceptors (Lipinski definition) is 2. The molecule has 116 valence electrons. The lowest BCUT2D eigenvalue weighted by Crippen LogP contribution is -2.45. The fraction of sp³-hybridized carbons (Fsp3) is 0.500. The summed E-state index contributed by atoms with van der Waals surface area (Å²) in [6, 6.07) is 9.79. The summed E-state index contributed by atoms with van der Waals surface area (Å²) in [4.78, 5) is 24.3. The smallest absolute Gasteiger partial charge is 0.317 e. The zero-order valence-electron chi connectivity index (χ0n) is 12.9. The third-order valence-corrected chi connectivity index (χ3v) is 3.46. The van der Waals surface area contributed by atoms with Crippen LogP contribution in [0, 0.1) is 5.92 Å². The van der Waals surface area contributed by atoms with Gasteiger partial charge in [-0.05, 0) is 18.4 Å². The lowest BCUT2D eigenvalue weighted by atomic mass is 10.0. The van der Waals surface area contributed by atoms with E-state index in [1.165, 1.54) is 10.5 Å². The molecule has 21 heavy (non-hydrogen) atoms. The number of nitrogens with zero attached hydrogens (tertiary/aromatic N) is 1. The summed E-state index contributed by atoms with van der Waals surface area (Å²) in [6.45, 7) is 3.81. The van der Waals surface area contributed by atoms with Gasteiger partial charge in [0.15, 0.2) is 0 Å². The molecule has 2 amide bonds. The van der Waals surface area contributed by atoms with Gasteiger partial charge in [0.2, 0.25) is 0 Å². The summed E-state index contributed by atoms with van der Waals surface area (Å²) in [6.07, 6.45) is 1.59. The minimum absolute atomic E-state index is 0.0440. The molecule has 0 aliphatic heterocycles. The van der Waals surface area contributed by atoms with Crippen LogP contribution >= 0.6 is 0 Å². The summed E-state index contributed by atoms with van der Waals surface area (Å²) in [7, 11) is 1.62. The fourth-order valence-corrected chi connectivity index (χ4v) is 2.05. The van der Waals surface area contributed by atoms with Crippen molar-refractivity contribution in [3.63, 3.8) is 0 Å². The molecular weight excluding hydrogens is 268 g/mol. The van der Waals surface area contributed by atoms with E-state index in [1.807, 2.05) is 37.3 Å². The predicted octanol–water partition coefficient (Wildman–Crippen LogP) is 2.37. The van der Waals surface area contributed by atoms with Crippen molar-refractivity contribution in [1.82, 2.24) is 10.2 Å². The van der Waals surface area contributed by atoms with Gasteiger partial charge in [0.05, 0.1) is 5.92 Å². The van der Waals surface area contributed by atoms with Crippen molar-refractivity contribution < 1.29 is 14.7 Å². The molecule has 5 nitrogen and oxygen atoms in total. The largest absolute Gasteiger partial charge is 0.481 e. The lowest BCUT2D eigenvalue weighted by Gasteiger charge is -2.24. The van der Waals surface area contributed by atoms with Gasteiger partial charge in [-0.15, -0.1) is 0 Å². The van der Waals surface area contributed by atoms with Crippen molar-refractivity contribution >= 4 is 12.0 Å². The van der Waals surface area contributed by atoms with Crippen LogP contribution in [-0.4, -0.2) is 41.6 Å². The highest BCUT2D eigenvalue weighted by Crippen LogP contribution is 2.06. The monoisotopic (exact) mass is 292 g/mol. The van der Waals surface area contributed by atoms with Gasteiger partial charge in [-0.2, -0.15) is 0 Å². The van der Waals surface area contributed by atoms with Gasteiger partial charge in [0, 0.05) is 19.6 Å². The second kappa shape index (κ2) is 8.29. The maximum Gasteiger partial charge on any atom is 0.317 e. The van der Waals surface area contributed by atoms with E-state index in [4.69, 9.17) is 5.11 Å². The molecule has 0 spiro atoms. The Kier molecular flexibility index (Phi) is 6.72. The summed E-state index contributed by atoms with van der Waals surface area (Å²) in [5, 5.41) is 11.8.